The molecule has 146 valence electrons. The Hall–Kier alpha value is -1.79. The van der Waals surface area contributed by atoms with Crippen molar-refractivity contribution in [3.05, 3.63) is 29.8 Å². The van der Waals surface area contributed by atoms with Crippen molar-refractivity contribution in [2.75, 3.05) is 53.6 Å². The predicted molar refractivity (Wildman–Crippen MR) is 105 cm³/mol. The summed E-state index contributed by atoms with van der Waals surface area (Å²) in [5.74, 6) is 1.81. The van der Waals surface area contributed by atoms with Crippen LogP contribution in [0.25, 0.3) is 0 Å². The lowest BCUT2D eigenvalue weighted by molar-refractivity contribution is -0.0829. The van der Waals surface area contributed by atoms with E-state index in [4.69, 9.17) is 19.2 Å². The lowest BCUT2D eigenvalue weighted by Crippen LogP contribution is -2.45. The minimum atomic E-state index is -0.211. The van der Waals surface area contributed by atoms with Gasteiger partial charge in [0.25, 0.3) is 0 Å². The van der Waals surface area contributed by atoms with E-state index in [-0.39, 0.29) is 5.60 Å². The number of methoxy groups -OCH3 is 1. The number of guanidine groups is 1. The van der Waals surface area contributed by atoms with E-state index >= 15 is 0 Å². The average molecular weight is 364 g/mol. The molecule has 0 saturated carbocycles. The van der Waals surface area contributed by atoms with Gasteiger partial charge in [0.1, 0.15) is 12.4 Å². The largest absolute Gasteiger partial charge is 0.491 e. The normalized spacial score (nSPS) is 17.0. The SMILES string of the molecule is CCNC(=NCC1(OC)CCOCC1)N(C)CCOc1ccccc1C. The summed E-state index contributed by atoms with van der Waals surface area (Å²) >= 11 is 0. The van der Waals surface area contributed by atoms with Gasteiger partial charge in [-0.25, -0.2) is 0 Å². The van der Waals surface area contributed by atoms with Gasteiger partial charge in [-0.05, 0) is 25.5 Å². The van der Waals surface area contributed by atoms with E-state index in [1.165, 1.54) is 0 Å². The van der Waals surface area contributed by atoms with Crippen molar-refractivity contribution in [2.45, 2.75) is 32.3 Å². The van der Waals surface area contributed by atoms with Gasteiger partial charge in [0, 0.05) is 46.8 Å². The van der Waals surface area contributed by atoms with Crippen molar-refractivity contribution in [3.8, 4) is 5.75 Å². The number of para-hydroxylation sites is 1. The maximum atomic E-state index is 5.91. The van der Waals surface area contributed by atoms with Gasteiger partial charge in [0.05, 0.1) is 18.7 Å². The summed E-state index contributed by atoms with van der Waals surface area (Å²) in [4.78, 5) is 6.92. The first-order chi connectivity index (χ1) is 12.6. The molecule has 2 rings (SSSR count). The number of rotatable bonds is 8. The summed E-state index contributed by atoms with van der Waals surface area (Å²) in [5.41, 5.74) is 0.939. The number of aliphatic imine (C=N–C) groups is 1. The number of aryl methyl sites for hydroxylation is 1. The molecule has 6 heteroatoms. The quantitative estimate of drug-likeness (QED) is 0.568. The standard InChI is InChI=1S/C20H33N3O3/c1-5-21-19(22-16-20(24-4)10-13-25-14-11-20)23(3)12-15-26-18-9-7-6-8-17(18)2/h6-9H,5,10-16H2,1-4H3,(H,21,22). The van der Waals surface area contributed by atoms with E-state index in [1.54, 1.807) is 7.11 Å². The molecule has 0 unspecified atom stereocenters. The first kappa shape index (κ1) is 20.5. The third-order valence-electron chi connectivity index (χ3n) is 4.83. The Bertz CT molecular complexity index is 571. The molecule has 6 nitrogen and oxygen atoms in total. The van der Waals surface area contributed by atoms with E-state index in [1.807, 2.05) is 25.2 Å². The third-order valence-corrected chi connectivity index (χ3v) is 4.83. The fraction of sp³-hybridized carbons (Fsp3) is 0.650. The molecule has 0 atom stereocenters. The number of hydrogen-bond donors (Lipinski definition) is 1. The third kappa shape index (κ3) is 5.88. The van der Waals surface area contributed by atoms with Crippen LogP contribution in [0, 0.1) is 6.92 Å². The van der Waals surface area contributed by atoms with Crippen LogP contribution in [-0.2, 0) is 9.47 Å². The monoisotopic (exact) mass is 363 g/mol. The zero-order valence-corrected chi connectivity index (χ0v) is 16.6. The summed E-state index contributed by atoms with van der Waals surface area (Å²) in [6.45, 7) is 8.43. The molecule has 1 aliphatic rings. The molecule has 1 fully saturated rings. The molecular formula is C20H33N3O3. The van der Waals surface area contributed by atoms with Crippen LogP contribution in [-0.4, -0.2) is 70.1 Å². The summed E-state index contributed by atoms with van der Waals surface area (Å²) in [6, 6.07) is 8.08. The zero-order valence-electron chi connectivity index (χ0n) is 16.6. The predicted octanol–water partition coefficient (Wildman–Crippen LogP) is 2.47. The fourth-order valence-corrected chi connectivity index (χ4v) is 2.98. The average Bonchev–Trinajstić information content (AvgIpc) is 2.67. The summed E-state index contributed by atoms with van der Waals surface area (Å²) in [7, 11) is 3.81. The van der Waals surface area contributed by atoms with Gasteiger partial charge in [-0.3, -0.25) is 4.99 Å². The Morgan fingerprint density at radius 2 is 2.04 bits per heavy atom. The highest BCUT2D eigenvalue weighted by Crippen LogP contribution is 2.24. The highest BCUT2D eigenvalue weighted by atomic mass is 16.5. The number of nitrogens with zero attached hydrogens (tertiary/aromatic N) is 2. The van der Waals surface area contributed by atoms with Crippen LogP contribution in [0.4, 0.5) is 0 Å². The molecule has 1 aromatic rings. The molecule has 0 bridgehead atoms. The van der Waals surface area contributed by atoms with E-state index in [2.05, 4.69) is 30.1 Å². The van der Waals surface area contributed by atoms with E-state index < -0.39 is 0 Å². The second kappa shape index (κ2) is 10.4. The number of likely N-dealkylation sites (N-methyl/N-ethyl adjacent to an activating group) is 1. The number of nitrogens with one attached hydrogen (secondary N) is 1. The van der Waals surface area contributed by atoms with E-state index in [0.29, 0.717) is 13.2 Å². The highest BCUT2D eigenvalue weighted by Gasteiger charge is 2.32. The van der Waals surface area contributed by atoms with Crippen molar-refractivity contribution >= 4 is 5.96 Å². The minimum Gasteiger partial charge on any atom is -0.491 e. The minimum absolute atomic E-state index is 0.211. The van der Waals surface area contributed by atoms with Gasteiger partial charge < -0.3 is 24.4 Å². The topological polar surface area (TPSA) is 55.3 Å². The Labute approximate surface area is 157 Å². The van der Waals surface area contributed by atoms with E-state index in [0.717, 1.165) is 56.4 Å². The molecule has 26 heavy (non-hydrogen) atoms. The van der Waals surface area contributed by atoms with Gasteiger partial charge in [-0.2, -0.15) is 0 Å². The number of benzene rings is 1. The van der Waals surface area contributed by atoms with Gasteiger partial charge in [0.2, 0.25) is 0 Å². The Kier molecular flexibility index (Phi) is 8.19. The second-order valence-electron chi connectivity index (χ2n) is 6.71. The molecule has 1 aromatic carbocycles. The van der Waals surface area contributed by atoms with Crippen LogP contribution in [0.15, 0.2) is 29.3 Å². The lowest BCUT2D eigenvalue weighted by Gasteiger charge is -2.35. The molecule has 1 heterocycles. The molecule has 1 aliphatic heterocycles. The van der Waals surface area contributed by atoms with Gasteiger partial charge in [0.15, 0.2) is 5.96 Å². The van der Waals surface area contributed by atoms with Crippen LogP contribution < -0.4 is 10.1 Å². The molecule has 1 saturated heterocycles. The molecule has 0 spiro atoms. The van der Waals surface area contributed by atoms with Crippen molar-refractivity contribution in [1.29, 1.82) is 0 Å². The molecule has 0 aliphatic carbocycles. The maximum absolute atomic E-state index is 5.91. The van der Waals surface area contributed by atoms with Gasteiger partial charge >= 0.3 is 0 Å². The number of ether oxygens (including phenoxy) is 3. The van der Waals surface area contributed by atoms with Crippen molar-refractivity contribution in [1.82, 2.24) is 10.2 Å². The lowest BCUT2D eigenvalue weighted by atomic mass is 9.94. The summed E-state index contributed by atoms with van der Waals surface area (Å²) in [6.07, 6.45) is 1.76. The summed E-state index contributed by atoms with van der Waals surface area (Å²) < 4.78 is 17.1. The zero-order chi connectivity index (χ0) is 18.8. The van der Waals surface area contributed by atoms with Crippen LogP contribution in [0.5, 0.6) is 5.75 Å². The van der Waals surface area contributed by atoms with Crippen LogP contribution in [0.3, 0.4) is 0 Å². The smallest absolute Gasteiger partial charge is 0.193 e. The van der Waals surface area contributed by atoms with Gasteiger partial charge in [-0.15, -0.1) is 0 Å². The van der Waals surface area contributed by atoms with E-state index in [9.17, 15) is 0 Å². The number of hydrogen-bond acceptors (Lipinski definition) is 4. The first-order valence-electron chi connectivity index (χ1n) is 9.41. The maximum Gasteiger partial charge on any atom is 0.193 e. The first-order valence-corrected chi connectivity index (χ1v) is 9.41. The second-order valence-corrected chi connectivity index (χ2v) is 6.71. The van der Waals surface area contributed by atoms with Crippen LogP contribution >= 0.6 is 0 Å². The Morgan fingerprint density at radius 1 is 1.31 bits per heavy atom. The van der Waals surface area contributed by atoms with Gasteiger partial charge in [-0.1, -0.05) is 18.2 Å². The molecule has 0 aromatic heterocycles. The Morgan fingerprint density at radius 3 is 2.69 bits per heavy atom. The Balaban J connectivity index is 1.91. The molecule has 1 N–H and O–H groups in total. The van der Waals surface area contributed by atoms with Crippen molar-refractivity contribution < 1.29 is 14.2 Å². The molecule has 0 amide bonds. The highest BCUT2D eigenvalue weighted by molar-refractivity contribution is 5.79. The van der Waals surface area contributed by atoms with Crippen molar-refractivity contribution in [3.63, 3.8) is 0 Å². The molecule has 0 radical (unpaired) electrons. The van der Waals surface area contributed by atoms with Crippen LogP contribution in [0.1, 0.15) is 25.3 Å². The summed E-state index contributed by atoms with van der Waals surface area (Å²) in [5, 5.41) is 3.36. The fourth-order valence-electron chi connectivity index (χ4n) is 2.98. The molecular weight excluding hydrogens is 330 g/mol. The van der Waals surface area contributed by atoms with Crippen LogP contribution in [0.2, 0.25) is 0 Å². The van der Waals surface area contributed by atoms with Crippen molar-refractivity contribution in [2.24, 2.45) is 4.99 Å².